The van der Waals surface area contributed by atoms with Crippen LogP contribution in [0.4, 0.5) is 17.6 Å². The summed E-state index contributed by atoms with van der Waals surface area (Å²) < 4.78 is 55.1. The van der Waals surface area contributed by atoms with Gasteiger partial charge < -0.3 is 4.74 Å². The van der Waals surface area contributed by atoms with Crippen LogP contribution in [0, 0.1) is 5.82 Å². The van der Waals surface area contributed by atoms with Crippen molar-refractivity contribution in [2.75, 3.05) is 13.4 Å². The Morgan fingerprint density at radius 3 is 2.27 bits per heavy atom. The topological polar surface area (TPSA) is 9.23 Å². The Bertz CT molecular complexity index is 362. The van der Waals surface area contributed by atoms with E-state index in [4.69, 9.17) is 0 Å². The molecular weight excluding hydrogens is 232 g/mol. The summed E-state index contributed by atoms with van der Waals surface area (Å²) in [5, 5.41) is 0. The monoisotopic (exact) mass is 240 g/mol. The maximum absolute atomic E-state index is 13.1. The molecule has 0 aliphatic carbocycles. The molecule has 0 saturated carbocycles. The minimum Gasteiger partial charge on any atom is -0.494 e. The summed E-state index contributed by atoms with van der Waals surface area (Å²) in [6.45, 7) is 0. The van der Waals surface area contributed by atoms with Gasteiger partial charge in [0.2, 0.25) is 0 Å². The first-order valence-electron chi connectivity index (χ1n) is 3.89. The number of thioether (sulfide) groups is 1. The van der Waals surface area contributed by atoms with Gasteiger partial charge in [-0.05, 0) is 18.4 Å². The van der Waals surface area contributed by atoms with E-state index in [1.54, 1.807) is 0 Å². The van der Waals surface area contributed by atoms with Crippen LogP contribution in [0.1, 0.15) is 5.56 Å². The lowest BCUT2D eigenvalue weighted by Crippen LogP contribution is -2.08. The largest absolute Gasteiger partial charge is 0.494 e. The summed E-state index contributed by atoms with van der Waals surface area (Å²) in [5.41, 5.74) is -0.881. The molecule has 0 spiro atoms. The Kier molecular flexibility index (Phi) is 3.49. The predicted octanol–water partition coefficient (Wildman–Crippen LogP) is 3.58. The Labute approximate surface area is 88.4 Å². The SMILES string of the molecule is COc1cc(C(F)(F)F)c(SC)cc1F. The lowest BCUT2D eigenvalue weighted by molar-refractivity contribution is -0.139. The second-order valence-electron chi connectivity index (χ2n) is 2.68. The first kappa shape index (κ1) is 12.2. The lowest BCUT2D eigenvalue weighted by atomic mass is 10.2. The molecule has 0 heterocycles. The number of benzene rings is 1. The molecule has 0 atom stereocenters. The second-order valence-corrected chi connectivity index (χ2v) is 3.53. The van der Waals surface area contributed by atoms with Gasteiger partial charge in [0.25, 0.3) is 0 Å². The Morgan fingerprint density at radius 1 is 1.27 bits per heavy atom. The van der Waals surface area contributed by atoms with Crippen LogP contribution in [0.3, 0.4) is 0 Å². The Balaban J connectivity index is 3.36. The normalized spacial score (nSPS) is 11.6. The molecule has 0 bridgehead atoms. The highest BCUT2D eigenvalue weighted by atomic mass is 32.2. The summed E-state index contributed by atoms with van der Waals surface area (Å²) >= 11 is 0.840. The highest BCUT2D eigenvalue weighted by molar-refractivity contribution is 7.98. The fourth-order valence-electron chi connectivity index (χ4n) is 1.08. The molecule has 15 heavy (non-hydrogen) atoms. The molecule has 0 N–H and O–H groups in total. The van der Waals surface area contributed by atoms with Crippen LogP contribution in [0.2, 0.25) is 0 Å². The molecule has 0 aliphatic rings. The van der Waals surface area contributed by atoms with Crippen LogP contribution in [0.25, 0.3) is 0 Å². The Hall–Kier alpha value is -0.910. The first-order chi connectivity index (χ1) is 6.90. The quantitative estimate of drug-likeness (QED) is 0.577. The van der Waals surface area contributed by atoms with Crippen molar-refractivity contribution in [3.63, 3.8) is 0 Å². The van der Waals surface area contributed by atoms with Crippen LogP contribution in [0.15, 0.2) is 17.0 Å². The van der Waals surface area contributed by atoms with Gasteiger partial charge in [0.15, 0.2) is 11.6 Å². The average molecular weight is 240 g/mol. The number of halogens is 4. The van der Waals surface area contributed by atoms with E-state index in [1.807, 2.05) is 0 Å². The highest BCUT2D eigenvalue weighted by Crippen LogP contribution is 2.39. The van der Waals surface area contributed by atoms with Crippen molar-refractivity contribution >= 4 is 11.8 Å². The average Bonchev–Trinajstić information content (AvgIpc) is 2.15. The number of alkyl halides is 3. The van der Waals surface area contributed by atoms with Crippen molar-refractivity contribution in [1.29, 1.82) is 0 Å². The van der Waals surface area contributed by atoms with Gasteiger partial charge in [0.1, 0.15) is 0 Å². The summed E-state index contributed by atoms with van der Waals surface area (Å²) in [6, 6.07) is 1.49. The minimum absolute atomic E-state index is 0.152. The molecule has 1 aromatic carbocycles. The molecule has 84 valence electrons. The van der Waals surface area contributed by atoms with Crippen LogP contribution in [-0.2, 0) is 6.18 Å². The lowest BCUT2D eigenvalue weighted by Gasteiger charge is -2.13. The van der Waals surface area contributed by atoms with Crippen LogP contribution < -0.4 is 4.74 Å². The summed E-state index contributed by atoms with van der Waals surface area (Å²) in [7, 11) is 1.12. The van der Waals surface area contributed by atoms with Crippen LogP contribution >= 0.6 is 11.8 Å². The maximum atomic E-state index is 13.1. The zero-order valence-electron chi connectivity index (χ0n) is 7.98. The molecule has 0 aromatic heterocycles. The molecule has 1 aromatic rings. The van der Waals surface area contributed by atoms with Gasteiger partial charge in [-0.3, -0.25) is 0 Å². The van der Waals surface area contributed by atoms with Crippen molar-refractivity contribution in [2.45, 2.75) is 11.1 Å². The van der Waals surface area contributed by atoms with Gasteiger partial charge in [-0.1, -0.05) is 0 Å². The van der Waals surface area contributed by atoms with Gasteiger partial charge in [-0.15, -0.1) is 11.8 Å². The van der Waals surface area contributed by atoms with E-state index >= 15 is 0 Å². The van der Waals surface area contributed by atoms with Crippen molar-refractivity contribution in [3.05, 3.63) is 23.5 Å². The van der Waals surface area contributed by atoms with E-state index in [9.17, 15) is 17.6 Å². The second kappa shape index (κ2) is 4.30. The Morgan fingerprint density at radius 2 is 1.87 bits per heavy atom. The molecule has 0 saturated heterocycles. The standard InChI is InChI=1S/C9H8F4OS/c1-14-7-3-5(9(11,12)13)8(15-2)4-6(7)10/h3-4H,1-2H3. The third-order valence-electron chi connectivity index (χ3n) is 1.78. The van der Waals surface area contributed by atoms with Gasteiger partial charge >= 0.3 is 6.18 Å². The number of rotatable bonds is 2. The van der Waals surface area contributed by atoms with Gasteiger partial charge in [0.05, 0.1) is 12.7 Å². The number of methoxy groups -OCH3 is 1. The smallest absolute Gasteiger partial charge is 0.417 e. The summed E-state index contributed by atoms with van der Waals surface area (Å²) in [5.74, 6) is -1.20. The van der Waals surface area contributed by atoms with Crippen molar-refractivity contribution in [3.8, 4) is 5.75 Å². The van der Waals surface area contributed by atoms with Crippen molar-refractivity contribution in [1.82, 2.24) is 0 Å². The fourth-order valence-corrected chi connectivity index (χ4v) is 1.70. The zero-order chi connectivity index (χ0) is 11.6. The van der Waals surface area contributed by atoms with E-state index in [-0.39, 0.29) is 4.90 Å². The minimum atomic E-state index is -4.50. The molecule has 0 unspecified atom stereocenters. The van der Waals surface area contributed by atoms with E-state index in [0.717, 1.165) is 24.9 Å². The summed E-state index contributed by atoms with van der Waals surface area (Å²) in [6.07, 6.45) is -3.05. The first-order valence-corrected chi connectivity index (χ1v) is 5.11. The molecule has 0 aliphatic heterocycles. The van der Waals surface area contributed by atoms with Gasteiger partial charge in [0, 0.05) is 4.90 Å². The predicted molar refractivity (Wildman–Crippen MR) is 49.7 cm³/mol. The van der Waals surface area contributed by atoms with Crippen molar-refractivity contribution < 1.29 is 22.3 Å². The van der Waals surface area contributed by atoms with E-state index < -0.39 is 23.3 Å². The van der Waals surface area contributed by atoms with Crippen LogP contribution in [0.5, 0.6) is 5.75 Å². The molecule has 6 heteroatoms. The number of ether oxygens (including phenoxy) is 1. The van der Waals surface area contributed by atoms with Crippen molar-refractivity contribution in [2.24, 2.45) is 0 Å². The third-order valence-corrected chi connectivity index (χ3v) is 2.56. The van der Waals surface area contributed by atoms with Gasteiger partial charge in [-0.2, -0.15) is 13.2 Å². The highest BCUT2D eigenvalue weighted by Gasteiger charge is 2.34. The molecule has 0 amide bonds. The van der Waals surface area contributed by atoms with E-state index in [2.05, 4.69) is 4.74 Å². The fraction of sp³-hybridized carbons (Fsp3) is 0.333. The van der Waals surface area contributed by atoms with Crippen LogP contribution in [-0.4, -0.2) is 13.4 Å². The molecule has 1 nitrogen and oxygen atoms in total. The van der Waals surface area contributed by atoms with E-state index in [1.165, 1.54) is 6.26 Å². The number of hydrogen-bond donors (Lipinski definition) is 0. The number of hydrogen-bond acceptors (Lipinski definition) is 2. The molecule has 0 radical (unpaired) electrons. The molecular formula is C9H8F4OS. The third kappa shape index (κ3) is 2.56. The van der Waals surface area contributed by atoms with Gasteiger partial charge in [-0.25, -0.2) is 4.39 Å². The van der Waals surface area contributed by atoms with E-state index in [0.29, 0.717) is 6.07 Å². The zero-order valence-corrected chi connectivity index (χ0v) is 8.80. The molecule has 1 rings (SSSR count). The summed E-state index contributed by atoms with van der Waals surface area (Å²) in [4.78, 5) is -0.152. The molecule has 0 fully saturated rings. The maximum Gasteiger partial charge on any atom is 0.417 e.